The van der Waals surface area contributed by atoms with E-state index in [-0.39, 0.29) is 5.91 Å². The molecule has 0 saturated heterocycles. The van der Waals surface area contributed by atoms with Crippen molar-refractivity contribution in [2.24, 2.45) is 23.2 Å². The van der Waals surface area contributed by atoms with Crippen molar-refractivity contribution in [2.75, 3.05) is 6.54 Å². The number of hydrogen-bond acceptors (Lipinski definition) is 2. The van der Waals surface area contributed by atoms with Crippen molar-refractivity contribution in [3.63, 3.8) is 0 Å². The van der Waals surface area contributed by atoms with Crippen LogP contribution in [0.5, 0.6) is 0 Å². The van der Waals surface area contributed by atoms with Crippen LogP contribution < -0.4 is 5.32 Å². The standard InChI is InChI=1S/C21H27N3O/c1-14-23-18-4-2-3-5-19(18)24(14)12-20(25)22-13-21-9-15-6-16(10-21)8-17(7-15)11-21/h2-5,15-17H,6-13H2,1H3,(H,22,25). The van der Waals surface area contributed by atoms with Crippen molar-refractivity contribution in [3.8, 4) is 0 Å². The molecule has 2 aromatic rings. The predicted molar refractivity (Wildman–Crippen MR) is 98.1 cm³/mol. The molecule has 1 N–H and O–H groups in total. The lowest BCUT2D eigenvalue weighted by Crippen LogP contribution is -2.51. The quantitative estimate of drug-likeness (QED) is 0.925. The molecule has 0 unspecified atom stereocenters. The highest BCUT2D eigenvalue weighted by Gasteiger charge is 2.50. The van der Waals surface area contributed by atoms with Gasteiger partial charge in [-0.15, -0.1) is 0 Å². The van der Waals surface area contributed by atoms with E-state index in [0.717, 1.165) is 41.2 Å². The molecule has 1 aromatic heterocycles. The molecule has 1 aromatic carbocycles. The van der Waals surface area contributed by atoms with Crippen LogP contribution in [0, 0.1) is 30.1 Å². The van der Waals surface area contributed by atoms with Crippen molar-refractivity contribution in [3.05, 3.63) is 30.1 Å². The molecule has 6 rings (SSSR count). The summed E-state index contributed by atoms with van der Waals surface area (Å²) in [6.07, 6.45) is 8.37. The molecule has 4 saturated carbocycles. The lowest BCUT2D eigenvalue weighted by atomic mass is 9.49. The molecular weight excluding hydrogens is 310 g/mol. The molecule has 0 radical (unpaired) electrons. The fraction of sp³-hybridized carbons (Fsp3) is 0.619. The summed E-state index contributed by atoms with van der Waals surface area (Å²) in [6.45, 7) is 3.23. The Morgan fingerprint density at radius 1 is 1.16 bits per heavy atom. The van der Waals surface area contributed by atoms with E-state index in [9.17, 15) is 4.79 Å². The van der Waals surface area contributed by atoms with Crippen molar-refractivity contribution in [1.29, 1.82) is 0 Å². The number of nitrogens with one attached hydrogen (secondary N) is 1. The summed E-state index contributed by atoms with van der Waals surface area (Å²) in [5.74, 6) is 3.84. The monoisotopic (exact) mass is 337 g/mol. The molecule has 4 heteroatoms. The zero-order valence-corrected chi connectivity index (χ0v) is 15.0. The second-order valence-corrected chi connectivity index (χ2v) is 8.93. The Kier molecular flexibility index (Phi) is 3.44. The third-order valence-corrected chi connectivity index (χ3v) is 6.97. The number of fused-ring (bicyclic) bond motifs is 1. The van der Waals surface area contributed by atoms with Gasteiger partial charge in [0, 0.05) is 6.54 Å². The maximum absolute atomic E-state index is 12.6. The zero-order valence-electron chi connectivity index (χ0n) is 15.0. The summed E-state index contributed by atoms with van der Waals surface area (Å²) < 4.78 is 2.03. The number of hydrogen-bond donors (Lipinski definition) is 1. The molecule has 4 aliphatic rings. The minimum Gasteiger partial charge on any atom is -0.354 e. The number of aromatic nitrogens is 2. The smallest absolute Gasteiger partial charge is 0.240 e. The fourth-order valence-electron chi connectivity index (χ4n) is 6.39. The van der Waals surface area contributed by atoms with Gasteiger partial charge in [0.15, 0.2) is 0 Å². The van der Waals surface area contributed by atoms with E-state index in [1.807, 2.05) is 35.8 Å². The number of carbonyl (C=O) groups is 1. The highest BCUT2D eigenvalue weighted by molar-refractivity contribution is 5.81. The Balaban J connectivity index is 1.27. The van der Waals surface area contributed by atoms with Gasteiger partial charge in [0.1, 0.15) is 12.4 Å². The average Bonchev–Trinajstić information content (AvgIpc) is 2.88. The lowest BCUT2D eigenvalue weighted by molar-refractivity contribution is -0.123. The molecule has 4 bridgehead atoms. The van der Waals surface area contributed by atoms with Crippen LogP contribution in [-0.4, -0.2) is 22.0 Å². The van der Waals surface area contributed by atoms with Crippen LogP contribution in [0.25, 0.3) is 11.0 Å². The summed E-state index contributed by atoms with van der Waals surface area (Å²) in [7, 11) is 0. The Hall–Kier alpha value is -1.84. The van der Waals surface area contributed by atoms with Crippen LogP contribution >= 0.6 is 0 Å². The minimum absolute atomic E-state index is 0.127. The number of carbonyl (C=O) groups excluding carboxylic acids is 1. The van der Waals surface area contributed by atoms with Gasteiger partial charge in [-0.25, -0.2) is 4.98 Å². The summed E-state index contributed by atoms with van der Waals surface area (Å²) >= 11 is 0. The normalized spacial score (nSPS) is 33.1. The highest BCUT2D eigenvalue weighted by atomic mass is 16.1. The van der Waals surface area contributed by atoms with Crippen molar-refractivity contribution < 1.29 is 4.79 Å². The molecule has 4 aliphatic carbocycles. The molecule has 0 aliphatic heterocycles. The van der Waals surface area contributed by atoms with Crippen LogP contribution in [0.4, 0.5) is 0 Å². The van der Waals surface area contributed by atoms with Gasteiger partial charge in [-0.1, -0.05) is 12.1 Å². The molecule has 1 amide bonds. The zero-order chi connectivity index (χ0) is 17.0. The van der Waals surface area contributed by atoms with Crippen LogP contribution in [0.1, 0.15) is 44.3 Å². The van der Waals surface area contributed by atoms with Crippen LogP contribution in [0.3, 0.4) is 0 Å². The number of benzene rings is 1. The topological polar surface area (TPSA) is 46.9 Å². The molecule has 0 atom stereocenters. The van der Waals surface area contributed by atoms with Gasteiger partial charge < -0.3 is 9.88 Å². The van der Waals surface area contributed by atoms with E-state index >= 15 is 0 Å². The molecule has 4 fully saturated rings. The van der Waals surface area contributed by atoms with Gasteiger partial charge >= 0.3 is 0 Å². The van der Waals surface area contributed by atoms with E-state index in [1.54, 1.807) is 0 Å². The first kappa shape index (κ1) is 15.4. The summed E-state index contributed by atoms with van der Waals surface area (Å²) in [5.41, 5.74) is 2.41. The highest BCUT2D eigenvalue weighted by Crippen LogP contribution is 2.59. The first-order valence-electron chi connectivity index (χ1n) is 9.79. The van der Waals surface area contributed by atoms with E-state index < -0.39 is 0 Å². The maximum atomic E-state index is 12.6. The number of rotatable bonds is 4. The van der Waals surface area contributed by atoms with Crippen LogP contribution in [0.15, 0.2) is 24.3 Å². The Labute approximate surface area is 149 Å². The molecule has 1 heterocycles. The van der Waals surface area contributed by atoms with E-state index in [1.165, 1.54) is 38.5 Å². The third-order valence-electron chi connectivity index (χ3n) is 6.97. The first-order chi connectivity index (χ1) is 12.1. The van der Waals surface area contributed by atoms with Crippen molar-refractivity contribution in [2.45, 2.75) is 52.0 Å². The molecular formula is C21H27N3O. The van der Waals surface area contributed by atoms with Gasteiger partial charge in [0.05, 0.1) is 11.0 Å². The molecule has 4 nitrogen and oxygen atoms in total. The van der Waals surface area contributed by atoms with Gasteiger partial charge in [-0.2, -0.15) is 0 Å². The molecule has 25 heavy (non-hydrogen) atoms. The number of imidazole rings is 1. The first-order valence-corrected chi connectivity index (χ1v) is 9.79. The van der Waals surface area contributed by atoms with Crippen molar-refractivity contribution >= 4 is 16.9 Å². The Morgan fingerprint density at radius 2 is 1.80 bits per heavy atom. The van der Waals surface area contributed by atoms with E-state index in [4.69, 9.17) is 0 Å². The molecule has 132 valence electrons. The van der Waals surface area contributed by atoms with Gasteiger partial charge in [-0.3, -0.25) is 4.79 Å². The Bertz CT molecular complexity index is 786. The fourth-order valence-corrected chi connectivity index (χ4v) is 6.39. The van der Waals surface area contributed by atoms with E-state index in [0.29, 0.717) is 12.0 Å². The SMILES string of the molecule is Cc1nc2ccccc2n1CC(=O)NCC12CC3CC(CC(C3)C1)C2. The minimum atomic E-state index is 0.127. The second-order valence-electron chi connectivity index (χ2n) is 8.93. The second kappa shape index (κ2) is 5.58. The number of para-hydroxylation sites is 2. The maximum Gasteiger partial charge on any atom is 0.240 e. The van der Waals surface area contributed by atoms with Crippen LogP contribution in [0.2, 0.25) is 0 Å². The summed E-state index contributed by atoms with van der Waals surface area (Å²) in [6, 6.07) is 8.05. The summed E-state index contributed by atoms with van der Waals surface area (Å²) in [5, 5.41) is 3.28. The van der Waals surface area contributed by atoms with Gasteiger partial charge in [-0.05, 0) is 80.8 Å². The number of amides is 1. The lowest BCUT2D eigenvalue weighted by Gasteiger charge is -2.56. The Morgan fingerprint density at radius 3 is 2.48 bits per heavy atom. The summed E-state index contributed by atoms with van der Waals surface area (Å²) in [4.78, 5) is 17.2. The third kappa shape index (κ3) is 2.66. The number of nitrogens with zero attached hydrogens (tertiary/aromatic N) is 2. The number of aryl methyl sites for hydroxylation is 1. The van der Waals surface area contributed by atoms with Crippen molar-refractivity contribution in [1.82, 2.24) is 14.9 Å². The average molecular weight is 337 g/mol. The molecule has 0 spiro atoms. The van der Waals surface area contributed by atoms with Gasteiger partial charge in [0.25, 0.3) is 0 Å². The largest absolute Gasteiger partial charge is 0.354 e. The predicted octanol–water partition coefficient (Wildman–Crippen LogP) is 3.68. The van der Waals surface area contributed by atoms with Gasteiger partial charge in [0.2, 0.25) is 5.91 Å². The van der Waals surface area contributed by atoms with Crippen LogP contribution in [-0.2, 0) is 11.3 Å². The van der Waals surface area contributed by atoms with E-state index in [2.05, 4.69) is 10.3 Å².